The lowest BCUT2D eigenvalue weighted by Gasteiger charge is -2.21. The first-order valence-electron chi connectivity index (χ1n) is 10.1. The maximum atomic E-state index is 15.1. The van der Waals surface area contributed by atoms with E-state index < -0.39 is 58.5 Å². The van der Waals surface area contributed by atoms with Gasteiger partial charge in [-0.1, -0.05) is 37.6 Å². The van der Waals surface area contributed by atoms with E-state index >= 15 is 4.39 Å². The van der Waals surface area contributed by atoms with E-state index in [1.54, 1.807) is 12.1 Å². The summed E-state index contributed by atoms with van der Waals surface area (Å²) in [4.78, 5) is 0. The van der Waals surface area contributed by atoms with E-state index in [4.69, 9.17) is 0 Å². The normalized spacial score (nSPS) is 11.7. The van der Waals surface area contributed by atoms with Crippen LogP contribution in [0.15, 0.2) is 48.5 Å². The molecule has 0 aliphatic rings. The van der Waals surface area contributed by atoms with Crippen molar-refractivity contribution in [2.75, 3.05) is 0 Å². The van der Waals surface area contributed by atoms with Gasteiger partial charge in [-0.15, -0.1) is 0 Å². The molecule has 0 unspecified atom stereocenters. The minimum absolute atomic E-state index is 0.0423. The molecule has 10 heteroatoms. The lowest BCUT2D eigenvalue weighted by molar-refractivity contribution is -0.189. The van der Waals surface area contributed by atoms with Crippen molar-refractivity contribution in [3.05, 3.63) is 77.1 Å². The van der Waals surface area contributed by atoms with Crippen LogP contribution in [0.1, 0.15) is 30.9 Å². The molecule has 181 valence electrons. The summed E-state index contributed by atoms with van der Waals surface area (Å²) in [5.41, 5.74) is -1.80. The minimum atomic E-state index is -4.69. The Kier molecular flexibility index (Phi) is 7.58. The molecule has 3 rings (SSSR count). The highest BCUT2D eigenvalue weighted by Crippen LogP contribution is 2.42. The molecule has 0 amide bonds. The Morgan fingerprint density at radius 2 is 1.62 bits per heavy atom. The molecule has 0 bridgehead atoms. The van der Waals surface area contributed by atoms with Crippen molar-refractivity contribution in [3.63, 3.8) is 0 Å². The van der Waals surface area contributed by atoms with E-state index in [0.717, 1.165) is 24.8 Å². The van der Waals surface area contributed by atoms with E-state index in [2.05, 4.69) is 9.47 Å². The summed E-state index contributed by atoms with van der Waals surface area (Å²) in [6.07, 6.45) is -2.14. The highest BCUT2D eigenvalue weighted by molar-refractivity contribution is 5.72. The standard InChI is InChI=1S/C24H18F7O3/c1-2-3-4-13-5-7-14(8-6-13)20-18(32)12-17(26)21(22(20)27)24(30,31)34-15-9-10-19(16(25)11-15)33-23(28)29/h5-12,23H,2-4H2,1H3. The van der Waals surface area contributed by atoms with Crippen molar-refractivity contribution in [1.82, 2.24) is 0 Å². The maximum Gasteiger partial charge on any atom is 0.432 e. The lowest BCUT2D eigenvalue weighted by atomic mass is 9.97. The van der Waals surface area contributed by atoms with Crippen LogP contribution >= 0.6 is 0 Å². The van der Waals surface area contributed by atoms with Gasteiger partial charge < -0.3 is 9.47 Å². The summed E-state index contributed by atoms with van der Waals surface area (Å²) in [7, 11) is 0. The molecule has 3 aromatic carbocycles. The van der Waals surface area contributed by atoms with E-state index in [9.17, 15) is 31.4 Å². The predicted octanol–water partition coefficient (Wildman–Crippen LogP) is 7.99. The van der Waals surface area contributed by atoms with Crippen molar-refractivity contribution in [3.8, 4) is 28.4 Å². The number of rotatable bonds is 9. The zero-order valence-electron chi connectivity index (χ0n) is 17.7. The summed E-state index contributed by atoms with van der Waals surface area (Å²) in [5, 5.41) is 12.2. The van der Waals surface area contributed by atoms with Gasteiger partial charge in [0.2, 0.25) is 0 Å². The van der Waals surface area contributed by atoms with E-state index in [1.807, 2.05) is 6.92 Å². The molecule has 34 heavy (non-hydrogen) atoms. The second-order valence-corrected chi connectivity index (χ2v) is 7.31. The number of aryl methyl sites for hydroxylation is 1. The molecule has 0 fully saturated rings. The van der Waals surface area contributed by atoms with Crippen LogP contribution in [0.3, 0.4) is 0 Å². The number of ether oxygens (including phenoxy) is 2. The van der Waals surface area contributed by atoms with Crippen molar-refractivity contribution < 1.29 is 45.3 Å². The molecular weight excluding hydrogens is 469 g/mol. The zero-order valence-corrected chi connectivity index (χ0v) is 17.7. The van der Waals surface area contributed by atoms with Crippen molar-refractivity contribution >= 4 is 0 Å². The molecule has 0 spiro atoms. The summed E-state index contributed by atoms with van der Waals surface area (Å²) < 4.78 is 105. The van der Waals surface area contributed by atoms with Crippen LogP contribution < -0.4 is 9.47 Å². The van der Waals surface area contributed by atoms with Crippen LogP contribution in [0.25, 0.3) is 11.1 Å². The Bertz CT molecular complexity index is 1150. The van der Waals surface area contributed by atoms with Crippen LogP contribution in [0.2, 0.25) is 0 Å². The zero-order chi connectivity index (χ0) is 25.0. The molecule has 0 N–H and O–H groups in total. The van der Waals surface area contributed by atoms with Gasteiger partial charge >= 0.3 is 12.7 Å². The van der Waals surface area contributed by atoms with Crippen LogP contribution in [0, 0.1) is 17.5 Å². The Balaban J connectivity index is 1.96. The van der Waals surface area contributed by atoms with Gasteiger partial charge in [-0.25, -0.2) is 13.2 Å². The third-order valence-corrected chi connectivity index (χ3v) is 4.90. The average molecular weight is 487 g/mol. The molecule has 0 aromatic heterocycles. The van der Waals surface area contributed by atoms with Crippen LogP contribution in [-0.4, -0.2) is 6.61 Å². The van der Waals surface area contributed by atoms with Gasteiger partial charge in [0.05, 0.1) is 5.56 Å². The number of halogens is 7. The highest BCUT2D eigenvalue weighted by Gasteiger charge is 2.43. The topological polar surface area (TPSA) is 38.4 Å². The number of benzene rings is 3. The van der Waals surface area contributed by atoms with Gasteiger partial charge in [-0.3, -0.25) is 5.11 Å². The molecule has 0 aliphatic heterocycles. The summed E-state index contributed by atoms with van der Waals surface area (Å²) in [6, 6.07) is 7.68. The minimum Gasteiger partial charge on any atom is -0.432 e. The molecular formula is C24H18F7O3. The Labute approximate surface area is 190 Å². The maximum absolute atomic E-state index is 15.1. The molecule has 1 radical (unpaired) electrons. The molecule has 0 saturated heterocycles. The van der Waals surface area contributed by atoms with E-state index in [-0.39, 0.29) is 11.6 Å². The highest BCUT2D eigenvalue weighted by atomic mass is 19.3. The number of unbranched alkanes of at least 4 members (excludes halogenated alkanes) is 1. The van der Waals surface area contributed by atoms with E-state index in [1.165, 1.54) is 12.1 Å². The summed E-state index contributed by atoms with van der Waals surface area (Å²) in [6.45, 7) is -1.37. The smallest absolute Gasteiger partial charge is 0.432 e. The third kappa shape index (κ3) is 5.55. The van der Waals surface area contributed by atoms with Gasteiger partial charge in [0.1, 0.15) is 17.1 Å². The van der Waals surface area contributed by atoms with Crippen molar-refractivity contribution in [2.45, 2.75) is 38.9 Å². The van der Waals surface area contributed by atoms with Crippen LogP contribution in [-0.2, 0) is 17.6 Å². The molecule has 0 atom stereocenters. The first-order chi connectivity index (χ1) is 16.0. The van der Waals surface area contributed by atoms with Gasteiger partial charge in [-0.2, -0.15) is 17.6 Å². The quantitative estimate of drug-likeness (QED) is 0.287. The third-order valence-electron chi connectivity index (χ3n) is 4.90. The monoisotopic (exact) mass is 487 g/mol. The molecule has 0 heterocycles. The average Bonchev–Trinajstić information content (AvgIpc) is 2.74. The van der Waals surface area contributed by atoms with Crippen LogP contribution in [0.4, 0.5) is 30.7 Å². The molecule has 3 aromatic rings. The lowest BCUT2D eigenvalue weighted by Crippen LogP contribution is -2.25. The summed E-state index contributed by atoms with van der Waals surface area (Å²) >= 11 is 0. The van der Waals surface area contributed by atoms with Gasteiger partial charge in [0.15, 0.2) is 23.1 Å². The predicted molar refractivity (Wildman–Crippen MR) is 108 cm³/mol. The second-order valence-electron chi connectivity index (χ2n) is 7.31. The SMILES string of the molecule is CCCCc1ccc(-c2c([O])cc(F)c(C(F)(F)Oc3ccc(OC(F)F)c(F)c3)c2F)cc1. The molecule has 0 saturated carbocycles. The second kappa shape index (κ2) is 10.2. The fourth-order valence-electron chi connectivity index (χ4n) is 3.29. The number of hydrogen-bond acceptors (Lipinski definition) is 2. The molecule has 3 nitrogen and oxygen atoms in total. The first-order valence-corrected chi connectivity index (χ1v) is 10.1. The number of alkyl halides is 4. The molecule has 0 aliphatic carbocycles. The summed E-state index contributed by atoms with van der Waals surface area (Å²) in [5.74, 6) is -8.19. The van der Waals surface area contributed by atoms with Crippen molar-refractivity contribution in [1.29, 1.82) is 0 Å². The number of hydrogen-bond donors (Lipinski definition) is 0. The van der Waals surface area contributed by atoms with Gasteiger partial charge in [-0.05, 0) is 36.1 Å². The first kappa shape index (κ1) is 25.2. The van der Waals surface area contributed by atoms with E-state index in [0.29, 0.717) is 18.2 Å². The van der Waals surface area contributed by atoms with Crippen molar-refractivity contribution in [2.24, 2.45) is 0 Å². The Morgan fingerprint density at radius 3 is 2.21 bits per heavy atom. The largest absolute Gasteiger partial charge is 0.432 e. The fraction of sp³-hybridized carbons (Fsp3) is 0.250. The Hall–Kier alpha value is -3.43. The Morgan fingerprint density at radius 1 is 0.941 bits per heavy atom. The van der Waals surface area contributed by atoms with Gasteiger partial charge in [0, 0.05) is 12.1 Å². The van der Waals surface area contributed by atoms with Gasteiger partial charge in [0.25, 0.3) is 0 Å². The van der Waals surface area contributed by atoms with Crippen LogP contribution in [0.5, 0.6) is 17.2 Å². The fourth-order valence-corrected chi connectivity index (χ4v) is 3.29.